The third kappa shape index (κ3) is 2.70. The topological polar surface area (TPSA) is 32.7 Å². The molecule has 0 spiro atoms. The van der Waals surface area contributed by atoms with Crippen LogP contribution in [0.1, 0.15) is 52.9 Å². The van der Waals surface area contributed by atoms with E-state index in [9.17, 15) is 13.6 Å². The molecule has 0 aromatic rings. The highest BCUT2D eigenvalue weighted by Gasteiger charge is 2.41. The zero-order chi connectivity index (χ0) is 13.6. The number of carbonyl (C=O) groups is 1. The van der Waals surface area contributed by atoms with E-state index in [1.165, 1.54) is 5.01 Å². The standard InChI is InChI=1S/C13H20F2N2O/c1-12(2,3)10-8-11(18)17(16-10)9-4-6-13(14,15)7-5-9/h9H,4-8H2,1-3H3. The van der Waals surface area contributed by atoms with Crippen molar-refractivity contribution >= 4 is 11.6 Å². The molecule has 5 heteroatoms. The summed E-state index contributed by atoms with van der Waals surface area (Å²) < 4.78 is 26.2. The van der Waals surface area contributed by atoms with Crippen molar-refractivity contribution in [1.29, 1.82) is 0 Å². The van der Waals surface area contributed by atoms with Crippen LogP contribution in [0, 0.1) is 5.41 Å². The molecule has 18 heavy (non-hydrogen) atoms. The van der Waals surface area contributed by atoms with Crippen LogP contribution < -0.4 is 0 Å². The summed E-state index contributed by atoms with van der Waals surface area (Å²) in [6.45, 7) is 6.03. The van der Waals surface area contributed by atoms with Gasteiger partial charge in [0.05, 0.1) is 18.2 Å². The maximum atomic E-state index is 13.1. The summed E-state index contributed by atoms with van der Waals surface area (Å²) in [5.74, 6) is -2.61. The number of carbonyl (C=O) groups excluding carboxylic acids is 1. The molecule has 1 heterocycles. The number of halogens is 2. The van der Waals surface area contributed by atoms with Crippen LogP contribution in [0.15, 0.2) is 5.10 Å². The minimum atomic E-state index is -2.56. The Morgan fingerprint density at radius 3 is 2.28 bits per heavy atom. The third-order valence-corrected chi connectivity index (χ3v) is 3.70. The monoisotopic (exact) mass is 258 g/mol. The lowest BCUT2D eigenvalue weighted by molar-refractivity contribution is -0.133. The van der Waals surface area contributed by atoms with Gasteiger partial charge in [-0.3, -0.25) is 4.79 Å². The van der Waals surface area contributed by atoms with Crippen LogP contribution in [-0.2, 0) is 4.79 Å². The Hall–Kier alpha value is -1.00. The van der Waals surface area contributed by atoms with Crippen LogP contribution in [0.2, 0.25) is 0 Å². The summed E-state index contributed by atoms with van der Waals surface area (Å²) in [5, 5.41) is 5.82. The lowest BCUT2D eigenvalue weighted by atomic mass is 9.88. The van der Waals surface area contributed by atoms with E-state index in [-0.39, 0.29) is 30.2 Å². The van der Waals surface area contributed by atoms with E-state index in [2.05, 4.69) is 5.10 Å². The average Bonchev–Trinajstić information content (AvgIpc) is 2.60. The number of hydrogen-bond donors (Lipinski definition) is 0. The fraction of sp³-hybridized carbons (Fsp3) is 0.846. The Morgan fingerprint density at radius 2 is 1.83 bits per heavy atom. The van der Waals surface area contributed by atoms with Gasteiger partial charge in [0.25, 0.3) is 0 Å². The van der Waals surface area contributed by atoms with Crippen molar-refractivity contribution in [2.75, 3.05) is 0 Å². The zero-order valence-electron chi connectivity index (χ0n) is 11.2. The van der Waals surface area contributed by atoms with Gasteiger partial charge in [0.15, 0.2) is 0 Å². The molecule has 1 fully saturated rings. The van der Waals surface area contributed by atoms with E-state index >= 15 is 0 Å². The number of hydrazone groups is 1. The highest BCUT2D eigenvalue weighted by Crippen LogP contribution is 2.37. The number of rotatable bonds is 1. The Morgan fingerprint density at radius 1 is 1.28 bits per heavy atom. The molecule has 0 aromatic carbocycles. The van der Waals surface area contributed by atoms with Gasteiger partial charge in [0.1, 0.15) is 0 Å². The molecule has 1 saturated carbocycles. The second kappa shape index (κ2) is 4.28. The van der Waals surface area contributed by atoms with Gasteiger partial charge in [-0.1, -0.05) is 20.8 Å². The molecule has 1 amide bonds. The molecule has 0 bridgehead atoms. The van der Waals surface area contributed by atoms with Gasteiger partial charge in [-0.2, -0.15) is 5.10 Å². The van der Waals surface area contributed by atoms with E-state index in [0.29, 0.717) is 19.3 Å². The van der Waals surface area contributed by atoms with Gasteiger partial charge >= 0.3 is 0 Å². The first-order valence-electron chi connectivity index (χ1n) is 6.47. The molecule has 102 valence electrons. The average molecular weight is 258 g/mol. The summed E-state index contributed by atoms with van der Waals surface area (Å²) in [5.41, 5.74) is 0.716. The Kier molecular flexibility index (Phi) is 3.19. The summed E-state index contributed by atoms with van der Waals surface area (Å²) in [6, 6.07) is -0.142. The van der Waals surface area contributed by atoms with Gasteiger partial charge in [-0.15, -0.1) is 0 Å². The predicted octanol–water partition coefficient (Wildman–Crippen LogP) is 3.20. The van der Waals surface area contributed by atoms with Gasteiger partial charge in [0, 0.05) is 18.3 Å². The number of amides is 1. The van der Waals surface area contributed by atoms with E-state index in [4.69, 9.17) is 0 Å². The molecule has 1 aliphatic carbocycles. The molecule has 0 N–H and O–H groups in total. The van der Waals surface area contributed by atoms with Crippen molar-refractivity contribution in [1.82, 2.24) is 5.01 Å². The molecule has 0 aromatic heterocycles. The molecule has 0 unspecified atom stereocenters. The number of nitrogens with zero attached hydrogens (tertiary/aromatic N) is 2. The maximum Gasteiger partial charge on any atom is 0.248 e. The van der Waals surface area contributed by atoms with Gasteiger partial charge < -0.3 is 0 Å². The lowest BCUT2D eigenvalue weighted by Crippen LogP contribution is -2.39. The predicted molar refractivity (Wildman–Crippen MR) is 65.6 cm³/mol. The van der Waals surface area contributed by atoms with E-state index in [0.717, 1.165) is 5.71 Å². The van der Waals surface area contributed by atoms with E-state index in [1.807, 2.05) is 20.8 Å². The Labute approximate surface area is 106 Å². The van der Waals surface area contributed by atoms with E-state index in [1.54, 1.807) is 0 Å². The molecule has 1 aliphatic heterocycles. The number of alkyl halides is 2. The van der Waals surface area contributed by atoms with Crippen molar-refractivity contribution in [3.05, 3.63) is 0 Å². The number of hydrogen-bond acceptors (Lipinski definition) is 2. The van der Waals surface area contributed by atoms with Crippen LogP contribution >= 0.6 is 0 Å². The maximum absolute atomic E-state index is 13.1. The molecular formula is C13H20F2N2O. The summed E-state index contributed by atoms with van der Waals surface area (Å²) in [7, 11) is 0. The molecule has 0 radical (unpaired) electrons. The van der Waals surface area contributed by atoms with Crippen molar-refractivity contribution < 1.29 is 13.6 Å². The first kappa shape index (κ1) is 13.4. The van der Waals surface area contributed by atoms with Crippen LogP contribution in [-0.4, -0.2) is 28.6 Å². The SMILES string of the molecule is CC(C)(C)C1=NN(C2CCC(F)(F)CC2)C(=O)C1. The molecule has 3 nitrogen and oxygen atoms in total. The van der Waals surface area contributed by atoms with Crippen LogP contribution in [0.5, 0.6) is 0 Å². The Balaban J connectivity index is 2.06. The molecule has 2 aliphatic rings. The van der Waals surface area contributed by atoms with E-state index < -0.39 is 5.92 Å². The summed E-state index contributed by atoms with van der Waals surface area (Å²) in [6.07, 6.45) is 0.749. The molecular weight excluding hydrogens is 238 g/mol. The second-order valence-electron chi connectivity index (χ2n) is 6.30. The fourth-order valence-corrected chi connectivity index (χ4v) is 2.42. The van der Waals surface area contributed by atoms with Gasteiger partial charge in [0.2, 0.25) is 11.8 Å². The van der Waals surface area contributed by atoms with Crippen molar-refractivity contribution in [2.45, 2.75) is 64.8 Å². The van der Waals surface area contributed by atoms with Crippen LogP contribution in [0.3, 0.4) is 0 Å². The van der Waals surface area contributed by atoms with Crippen molar-refractivity contribution in [2.24, 2.45) is 10.5 Å². The zero-order valence-corrected chi connectivity index (χ0v) is 11.2. The minimum absolute atomic E-state index is 0.0462. The lowest BCUT2D eigenvalue weighted by Gasteiger charge is -2.32. The van der Waals surface area contributed by atoms with Crippen molar-refractivity contribution in [3.8, 4) is 0 Å². The largest absolute Gasteiger partial charge is 0.273 e. The second-order valence-corrected chi connectivity index (χ2v) is 6.30. The van der Waals surface area contributed by atoms with Gasteiger partial charge in [-0.05, 0) is 12.8 Å². The minimum Gasteiger partial charge on any atom is -0.273 e. The molecule has 2 rings (SSSR count). The molecule has 0 atom stereocenters. The van der Waals surface area contributed by atoms with Crippen LogP contribution in [0.4, 0.5) is 8.78 Å². The summed E-state index contributed by atoms with van der Waals surface area (Å²) >= 11 is 0. The Bertz CT molecular complexity index is 375. The fourth-order valence-electron chi connectivity index (χ4n) is 2.42. The summed E-state index contributed by atoms with van der Waals surface area (Å²) in [4.78, 5) is 11.9. The smallest absolute Gasteiger partial charge is 0.248 e. The molecule has 0 saturated heterocycles. The highest BCUT2D eigenvalue weighted by molar-refractivity contribution is 6.07. The first-order chi connectivity index (χ1) is 8.19. The van der Waals surface area contributed by atoms with Gasteiger partial charge in [-0.25, -0.2) is 13.8 Å². The normalized spacial score (nSPS) is 25.5. The van der Waals surface area contributed by atoms with Crippen LogP contribution in [0.25, 0.3) is 0 Å². The highest BCUT2D eigenvalue weighted by atomic mass is 19.3. The van der Waals surface area contributed by atoms with Crippen molar-refractivity contribution in [3.63, 3.8) is 0 Å². The first-order valence-corrected chi connectivity index (χ1v) is 6.47. The quantitative estimate of drug-likeness (QED) is 0.711. The third-order valence-electron chi connectivity index (χ3n) is 3.70.